The minimum atomic E-state index is -1.65. The van der Waals surface area contributed by atoms with E-state index in [9.17, 15) is 30.0 Å². The molecule has 302 valence electrons. The Bertz CT molecular complexity index is 1950. The number of aromatic nitrogens is 2. The lowest BCUT2D eigenvalue weighted by Gasteiger charge is -2.25. The van der Waals surface area contributed by atoms with Crippen LogP contribution in [0.25, 0.3) is 10.8 Å². The molecule has 0 aliphatic heterocycles. The van der Waals surface area contributed by atoms with Crippen LogP contribution in [0.1, 0.15) is 52.1 Å². The number of anilines is 2. The number of guanidine groups is 1. The van der Waals surface area contributed by atoms with Gasteiger partial charge in [0.25, 0.3) is 5.91 Å². The van der Waals surface area contributed by atoms with Gasteiger partial charge in [-0.15, -0.1) is 0 Å². The quantitative estimate of drug-likeness (QED) is 0.0334. The summed E-state index contributed by atoms with van der Waals surface area (Å²) in [6.07, 6.45) is -1.84. The van der Waals surface area contributed by atoms with Crippen molar-refractivity contribution in [1.82, 2.24) is 20.6 Å². The van der Waals surface area contributed by atoms with E-state index < -0.39 is 43.0 Å². The van der Waals surface area contributed by atoms with Crippen LogP contribution in [0.2, 0.25) is 5.15 Å². The predicted octanol–water partition coefficient (Wildman–Crippen LogP) is 0.708. The fraction of sp³-hybridized carbons (Fsp3) is 0.410. The lowest BCUT2D eigenvalue weighted by molar-refractivity contribution is -0.117. The maximum absolute atomic E-state index is 12.9. The van der Waals surface area contributed by atoms with E-state index in [4.69, 9.17) is 33.9 Å². The van der Waals surface area contributed by atoms with Gasteiger partial charge < -0.3 is 53.4 Å². The topological polar surface area (TPSA) is 288 Å². The zero-order valence-corrected chi connectivity index (χ0v) is 32.0. The molecule has 0 spiro atoms. The molecule has 1 heterocycles. The highest BCUT2D eigenvalue weighted by molar-refractivity contribution is 6.30. The number of aliphatic imine (C=N–C) groups is 1. The van der Waals surface area contributed by atoms with Crippen LogP contribution in [0.4, 0.5) is 11.5 Å². The Kier molecular flexibility index (Phi) is 16.9. The van der Waals surface area contributed by atoms with E-state index in [1.165, 1.54) is 5.56 Å². The van der Waals surface area contributed by atoms with Gasteiger partial charge in [-0.1, -0.05) is 60.1 Å². The summed E-state index contributed by atoms with van der Waals surface area (Å²) >= 11 is 5.96. The normalized spacial score (nSPS) is 14.5. The van der Waals surface area contributed by atoms with E-state index in [0.29, 0.717) is 30.9 Å². The van der Waals surface area contributed by atoms with E-state index in [0.717, 1.165) is 54.0 Å². The van der Waals surface area contributed by atoms with Crippen molar-refractivity contribution in [1.29, 1.82) is 0 Å². The number of aliphatic hydroxyl groups excluding tert-OH is 5. The predicted molar refractivity (Wildman–Crippen MR) is 216 cm³/mol. The fourth-order valence-corrected chi connectivity index (χ4v) is 5.98. The number of halogens is 1. The van der Waals surface area contributed by atoms with E-state index in [2.05, 4.69) is 49.1 Å². The zero-order valence-electron chi connectivity index (χ0n) is 31.2. The number of unbranched alkanes of at least 4 members (excludes halogenated alkanes) is 1. The zero-order chi connectivity index (χ0) is 40.8. The van der Waals surface area contributed by atoms with Crippen LogP contribution in [-0.4, -0.2) is 110 Å². The van der Waals surface area contributed by atoms with Crippen molar-refractivity contribution in [3.8, 4) is 0 Å². The Balaban J connectivity index is 1.15. The van der Waals surface area contributed by atoms with Crippen LogP contribution < -0.4 is 33.2 Å². The average Bonchev–Trinajstić information content (AvgIpc) is 3.18. The molecule has 5 atom stereocenters. The van der Waals surface area contributed by atoms with Gasteiger partial charge in [0.2, 0.25) is 5.91 Å². The number of carbonyl (C=O) groups is 2. The van der Waals surface area contributed by atoms with Crippen molar-refractivity contribution >= 4 is 51.7 Å². The summed E-state index contributed by atoms with van der Waals surface area (Å²) < 4.78 is 0. The molecule has 0 aliphatic rings. The maximum atomic E-state index is 12.9. The number of nitrogen functional groups attached to an aromatic ring is 1. The first-order valence-corrected chi connectivity index (χ1v) is 18.7. The second-order valence-electron chi connectivity index (χ2n) is 13.6. The van der Waals surface area contributed by atoms with Gasteiger partial charge in [-0.05, 0) is 91.6 Å². The molecule has 0 fully saturated rings. The van der Waals surface area contributed by atoms with Gasteiger partial charge in [0, 0.05) is 18.8 Å². The van der Waals surface area contributed by atoms with Crippen LogP contribution in [0, 0.1) is 6.92 Å². The van der Waals surface area contributed by atoms with Crippen molar-refractivity contribution < 1.29 is 35.1 Å². The molecule has 14 N–H and O–H groups in total. The van der Waals surface area contributed by atoms with Crippen LogP contribution in [-0.2, 0) is 24.1 Å². The molecule has 4 rings (SSSR count). The highest BCUT2D eigenvalue weighted by Crippen LogP contribution is 2.21. The summed E-state index contributed by atoms with van der Waals surface area (Å²) in [4.78, 5) is 37.5. The number of carbonyl (C=O) groups excluding carboxylic acids is 2. The van der Waals surface area contributed by atoms with Crippen molar-refractivity contribution in [2.24, 2.45) is 16.5 Å². The highest BCUT2D eigenvalue weighted by Gasteiger charge is 2.29. The number of nitrogens with two attached hydrogens (primary N) is 3. The number of hydrogen-bond acceptors (Lipinski definition) is 13. The summed E-state index contributed by atoms with van der Waals surface area (Å²) in [7, 11) is 0. The molecule has 3 aromatic carbocycles. The van der Waals surface area contributed by atoms with Gasteiger partial charge in [0.1, 0.15) is 18.3 Å². The third kappa shape index (κ3) is 13.2. The average molecular weight is 794 g/mol. The second-order valence-corrected chi connectivity index (χ2v) is 14.0. The van der Waals surface area contributed by atoms with Gasteiger partial charge in [0.05, 0.1) is 24.4 Å². The largest absolute Gasteiger partial charge is 0.394 e. The number of nitrogens with zero attached hydrogens (tertiary/aromatic N) is 3. The third-order valence-electron chi connectivity index (χ3n) is 9.13. The monoisotopic (exact) mass is 793 g/mol. The Morgan fingerprint density at radius 3 is 2.18 bits per heavy atom. The molecule has 0 bridgehead atoms. The molecule has 0 saturated carbocycles. The number of amides is 2. The van der Waals surface area contributed by atoms with Crippen LogP contribution >= 0.6 is 11.6 Å². The number of hydrogen-bond donors (Lipinski definition) is 11. The smallest absolute Gasteiger partial charge is 0.280 e. The lowest BCUT2D eigenvalue weighted by atomic mass is 9.98. The summed E-state index contributed by atoms with van der Waals surface area (Å²) in [6.45, 7) is 1.87. The van der Waals surface area contributed by atoms with Crippen LogP contribution in [0.3, 0.4) is 0 Å². The van der Waals surface area contributed by atoms with Crippen molar-refractivity contribution in [3.05, 3.63) is 93.9 Å². The van der Waals surface area contributed by atoms with Crippen LogP contribution in [0.5, 0.6) is 0 Å². The van der Waals surface area contributed by atoms with Crippen molar-refractivity contribution in [2.45, 2.75) is 75.9 Å². The molecule has 0 aliphatic carbocycles. The number of aliphatic hydroxyl groups is 5. The minimum Gasteiger partial charge on any atom is -0.394 e. The van der Waals surface area contributed by atoms with Crippen LogP contribution in [0.15, 0.2) is 65.7 Å². The molecule has 0 saturated heterocycles. The third-order valence-corrected chi connectivity index (χ3v) is 9.49. The van der Waals surface area contributed by atoms with Crippen molar-refractivity contribution in [2.75, 3.05) is 37.3 Å². The summed E-state index contributed by atoms with van der Waals surface area (Å²) in [5, 5.41) is 58.4. The van der Waals surface area contributed by atoms with Gasteiger partial charge in [-0.2, -0.15) is 0 Å². The summed E-state index contributed by atoms with van der Waals surface area (Å²) in [5.41, 5.74) is 22.0. The highest BCUT2D eigenvalue weighted by atomic mass is 35.5. The van der Waals surface area contributed by atoms with Gasteiger partial charge in [-0.3, -0.25) is 19.9 Å². The standard InChI is InChI=1S/C39H52ClN9O7/c1-22-35(40)48-32(36(42)46-22)38(56)49-39(43)45-16-3-2-5-24-7-11-27-18-25(8-12-26(27)17-24)19-29(41)37(55)47-28-13-9-23(10-14-28)6-4-15-44-20-30(51)33(53)34(54)31(52)21-50/h7-14,17-18,29-31,33-34,44,50-54H,2-6,15-16,19-21,41H2,1H3,(H2,42,46)(H,47,55)(H3,43,45,49,56)/t29-,30-,31+,33+,34+/m0/s1. The molecule has 1 aromatic heterocycles. The first kappa shape index (κ1) is 43.9. The number of nitrogens with one attached hydrogen (secondary N) is 3. The Hall–Kier alpha value is -4.78. The molecule has 4 aromatic rings. The Morgan fingerprint density at radius 2 is 1.48 bits per heavy atom. The molecule has 17 heteroatoms. The summed E-state index contributed by atoms with van der Waals surface area (Å²) in [6, 6.07) is 19.0. The molecule has 0 radical (unpaired) electrons. The van der Waals surface area contributed by atoms with E-state index in [-0.39, 0.29) is 35.1 Å². The SMILES string of the molecule is Cc1nc(N)c(C(=O)NC(N)=NCCCCc2ccc3cc(C[C@H](N)C(=O)Nc4ccc(CCCNC[C@H](O)[C@@H](O)[C@H](O)[C@H](O)CO)cc4)ccc3c2)nc1Cl. The first-order chi connectivity index (χ1) is 26.7. The van der Waals surface area contributed by atoms with E-state index in [1.54, 1.807) is 6.92 Å². The fourth-order valence-electron chi connectivity index (χ4n) is 5.85. The number of aryl methyl sites for hydroxylation is 3. The number of benzene rings is 3. The molecule has 56 heavy (non-hydrogen) atoms. The van der Waals surface area contributed by atoms with E-state index in [1.807, 2.05) is 42.5 Å². The number of rotatable bonds is 20. The van der Waals surface area contributed by atoms with E-state index >= 15 is 0 Å². The maximum Gasteiger partial charge on any atom is 0.280 e. The Labute approximate surface area is 330 Å². The van der Waals surface area contributed by atoms with Gasteiger partial charge in [0.15, 0.2) is 22.6 Å². The van der Waals surface area contributed by atoms with Gasteiger partial charge in [-0.25, -0.2) is 9.97 Å². The second kappa shape index (κ2) is 21.5. The minimum absolute atomic E-state index is 0.00401. The Morgan fingerprint density at radius 1 is 0.857 bits per heavy atom. The summed E-state index contributed by atoms with van der Waals surface area (Å²) in [5.74, 6) is -1.02. The molecule has 0 unspecified atom stereocenters. The molecular formula is C39H52ClN9O7. The molecule has 2 amide bonds. The molecular weight excluding hydrogens is 742 g/mol. The van der Waals surface area contributed by atoms with Gasteiger partial charge >= 0.3 is 0 Å². The lowest BCUT2D eigenvalue weighted by Crippen LogP contribution is -2.49. The van der Waals surface area contributed by atoms with Crippen molar-refractivity contribution in [3.63, 3.8) is 0 Å². The number of fused-ring (bicyclic) bond motifs is 1. The molecule has 16 nitrogen and oxygen atoms in total. The first-order valence-electron chi connectivity index (χ1n) is 18.4.